The van der Waals surface area contributed by atoms with E-state index < -0.39 is 71.2 Å². The molecule has 1 aromatic carbocycles. The summed E-state index contributed by atoms with van der Waals surface area (Å²) in [6, 6.07) is -0.808. The highest BCUT2D eigenvalue weighted by Crippen LogP contribution is 2.38. The number of imide groups is 1. The molecule has 2 atom stereocenters. The Morgan fingerprint density at radius 1 is 1.07 bits per heavy atom. The number of nitrogens with zero attached hydrogens (tertiary/aromatic N) is 1. The third-order valence-electron chi connectivity index (χ3n) is 5.47. The summed E-state index contributed by atoms with van der Waals surface area (Å²) in [6.45, 7) is -0.299. The van der Waals surface area contributed by atoms with Gasteiger partial charge in [-0.25, -0.2) is 26.7 Å². The van der Waals surface area contributed by atoms with Gasteiger partial charge in [0, 0.05) is 0 Å². The van der Waals surface area contributed by atoms with Gasteiger partial charge in [0.05, 0.1) is 5.56 Å². The minimum absolute atomic E-state index is 0.151. The van der Waals surface area contributed by atoms with Crippen molar-refractivity contribution >= 4 is 17.9 Å². The third kappa shape index (κ3) is 3.42. The summed E-state index contributed by atoms with van der Waals surface area (Å²) >= 11 is 0. The molecule has 1 spiro atoms. The first-order chi connectivity index (χ1) is 13.6. The largest absolute Gasteiger partial charge is 0.459 e. The molecule has 158 valence electrons. The molecule has 2 fully saturated rings. The van der Waals surface area contributed by atoms with E-state index in [1.165, 1.54) is 0 Å². The topological polar surface area (TPSA) is 75.7 Å². The quantitative estimate of drug-likeness (QED) is 0.267. The number of rotatable bonds is 4. The van der Waals surface area contributed by atoms with E-state index >= 15 is 0 Å². The normalized spacial score (nSPS) is 24.2. The van der Waals surface area contributed by atoms with Crippen LogP contribution in [0.4, 0.5) is 26.7 Å². The Kier molecular flexibility index (Phi) is 5.50. The number of nitrogens with one attached hydrogen (secondary N) is 1. The highest BCUT2D eigenvalue weighted by Gasteiger charge is 2.55. The molecule has 3 amide bonds. The van der Waals surface area contributed by atoms with Gasteiger partial charge < -0.3 is 10.1 Å². The third-order valence-corrected chi connectivity index (χ3v) is 5.47. The average Bonchev–Trinajstić information content (AvgIpc) is 2.92. The van der Waals surface area contributed by atoms with Crippen molar-refractivity contribution in [1.82, 2.24) is 10.2 Å². The molecule has 0 radical (unpaired) electrons. The number of urea groups is 1. The second kappa shape index (κ2) is 7.60. The predicted molar refractivity (Wildman–Crippen MR) is 86.6 cm³/mol. The first kappa shape index (κ1) is 21.0. The zero-order chi connectivity index (χ0) is 21.5. The van der Waals surface area contributed by atoms with Crippen LogP contribution in [0.25, 0.3) is 0 Å². The lowest BCUT2D eigenvalue weighted by Gasteiger charge is -2.36. The molecular weight excluding hydrogens is 403 g/mol. The lowest BCUT2D eigenvalue weighted by atomic mass is 9.73. The molecule has 2 unspecified atom stereocenters. The van der Waals surface area contributed by atoms with Crippen molar-refractivity contribution in [1.29, 1.82) is 0 Å². The number of ether oxygens (including phenoxy) is 1. The average molecular weight is 420 g/mol. The van der Waals surface area contributed by atoms with E-state index in [2.05, 4.69) is 10.1 Å². The molecule has 1 saturated carbocycles. The number of carbonyl (C=O) groups is 3. The summed E-state index contributed by atoms with van der Waals surface area (Å²) in [5.74, 6) is -12.9. The highest BCUT2D eigenvalue weighted by molar-refractivity contribution is 6.08. The number of benzene rings is 1. The minimum atomic E-state index is -2.33. The van der Waals surface area contributed by atoms with Crippen LogP contribution in [0.2, 0.25) is 0 Å². The molecular formula is C18H17F5N2O4. The Morgan fingerprint density at radius 3 is 2.24 bits per heavy atom. The van der Waals surface area contributed by atoms with Gasteiger partial charge in [-0.3, -0.25) is 14.5 Å². The van der Waals surface area contributed by atoms with E-state index in [-0.39, 0.29) is 5.92 Å². The number of hydrogen-bond donors (Lipinski definition) is 1. The number of halogens is 5. The molecule has 2 aliphatic rings. The second-order valence-corrected chi connectivity index (χ2v) is 7.15. The first-order valence-corrected chi connectivity index (χ1v) is 8.90. The highest BCUT2D eigenvalue weighted by atomic mass is 19.2. The first-order valence-electron chi connectivity index (χ1n) is 8.90. The SMILES string of the molecule is CC1CCCCC12NC(=O)N(CC(=O)OCc1c(F)c(F)c(F)c(F)c1F)C2=O. The van der Waals surface area contributed by atoms with Gasteiger partial charge in [0.1, 0.15) is 18.7 Å². The van der Waals surface area contributed by atoms with Crippen LogP contribution in [0.3, 0.4) is 0 Å². The van der Waals surface area contributed by atoms with Gasteiger partial charge in [-0.05, 0) is 18.8 Å². The van der Waals surface area contributed by atoms with Gasteiger partial charge in [-0.1, -0.05) is 19.8 Å². The zero-order valence-electron chi connectivity index (χ0n) is 15.3. The maximum atomic E-state index is 13.6. The van der Waals surface area contributed by atoms with Crippen molar-refractivity contribution in [2.24, 2.45) is 5.92 Å². The maximum Gasteiger partial charge on any atom is 0.326 e. The van der Waals surface area contributed by atoms with Gasteiger partial charge >= 0.3 is 12.0 Å². The molecule has 1 aromatic rings. The monoisotopic (exact) mass is 420 g/mol. The Hall–Kier alpha value is -2.72. The number of esters is 1. The van der Waals surface area contributed by atoms with E-state index in [1.54, 1.807) is 0 Å². The molecule has 6 nitrogen and oxygen atoms in total. The van der Waals surface area contributed by atoms with Crippen LogP contribution in [0, 0.1) is 35.0 Å². The lowest BCUT2D eigenvalue weighted by Crippen LogP contribution is -2.54. The molecule has 1 aliphatic heterocycles. The van der Waals surface area contributed by atoms with E-state index in [9.17, 15) is 36.3 Å². The smallest absolute Gasteiger partial charge is 0.326 e. The van der Waals surface area contributed by atoms with Crippen molar-refractivity contribution in [3.8, 4) is 0 Å². The maximum absolute atomic E-state index is 13.6. The van der Waals surface area contributed by atoms with Crippen molar-refractivity contribution in [2.75, 3.05) is 6.54 Å². The molecule has 29 heavy (non-hydrogen) atoms. The van der Waals surface area contributed by atoms with Crippen LogP contribution < -0.4 is 5.32 Å². The van der Waals surface area contributed by atoms with Gasteiger partial charge in [0.15, 0.2) is 23.3 Å². The van der Waals surface area contributed by atoms with Gasteiger partial charge in [0.25, 0.3) is 5.91 Å². The summed E-state index contributed by atoms with van der Waals surface area (Å²) in [5.41, 5.74) is -2.44. The van der Waals surface area contributed by atoms with E-state index in [4.69, 9.17) is 0 Å². The summed E-state index contributed by atoms with van der Waals surface area (Å²) in [6.07, 6.45) is 2.74. The van der Waals surface area contributed by atoms with Crippen molar-refractivity contribution in [3.05, 3.63) is 34.6 Å². The van der Waals surface area contributed by atoms with Crippen LogP contribution in [-0.4, -0.2) is 34.9 Å². The number of carbonyl (C=O) groups excluding carboxylic acids is 3. The fourth-order valence-electron chi connectivity index (χ4n) is 3.74. The number of amides is 3. The molecule has 0 aromatic heterocycles. The Morgan fingerprint density at radius 2 is 1.66 bits per heavy atom. The molecule has 1 heterocycles. The molecule has 11 heteroatoms. The van der Waals surface area contributed by atoms with Gasteiger partial charge in [-0.15, -0.1) is 0 Å². The summed E-state index contributed by atoms with van der Waals surface area (Å²) in [4.78, 5) is 37.5. The summed E-state index contributed by atoms with van der Waals surface area (Å²) < 4.78 is 71.2. The summed E-state index contributed by atoms with van der Waals surface area (Å²) in [7, 11) is 0. The van der Waals surface area contributed by atoms with Crippen molar-refractivity contribution < 1.29 is 41.1 Å². The lowest BCUT2D eigenvalue weighted by molar-refractivity contribution is -0.149. The number of hydrogen-bond acceptors (Lipinski definition) is 4. The van der Waals surface area contributed by atoms with E-state index in [0.717, 1.165) is 12.8 Å². The van der Waals surface area contributed by atoms with E-state index in [1.807, 2.05) is 6.92 Å². The molecule has 1 saturated heterocycles. The second-order valence-electron chi connectivity index (χ2n) is 7.15. The van der Waals surface area contributed by atoms with Crippen LogP contribution in [0.15, 0.2) is 0 Å². The Bertz CT molecular complexity index is 864. The molecule has 0 bridgehead atoms. The van der Waals surface area contributed by atoms with Crippen molar-refractivity contribution in [2.45, 2.75) is 44.8 Å². The van der Waals surface area contributed by atoms with Gasteiger partial charge in [0.2, 0.25) is 5.82 Å². The summed E-state index contributed by atoms with van der Waals surface area (Å²) in [5, 5.41) is 2.61. The van der Waals surface area contributed by atoms with Crippen LogP contribution in [-0.2, 0) is 20.9 Å². The van der Waals surface area contributed by atoms with Crippen molar-refractivity contribution in [3.63, 3.8) is 0 Å². The Labute approximate surface area is 162 Å². The minimum Gasteiger partial charge on any atom is -0.459 e. The van der Waals surface area contributed by atoms with Crippen LogP contribution in [0.5, 0.6) is 0 Å². The van der Waals surface area contributed by atoms with E-state index in [0.29, 0.717) is 17.7 Å². The predicted octanol–water partition coefficient (Wildman–Crippen LogP) is 2.93. The standard InChI is InChI=1S/C18H17F5N2O4/c1-8-4-2-3-5-18(8)16(27)25(17(28)24-18)6-10(26)29-7-9-11(19)13(21)15(23)14(22)12(9)20/h8H,2-7H2,1H3,(H,24,28). The van der Waals surface area contributed by atoms with Crippen LogP contribution in [0.1, 0.15) is 38.2 Å². The fraction of sp³-hybridized carbons (Fsp3) is 0.500. The molecule has 3 rings (SSSR count). The van der Waals surface area contributed by atoms with Gasteiger partial charge in [-0.2, -0.15) is 0 Å². The fourth-order valence-corrected chi connectivity index (χ4v) is 3.74. The van der Waals surface area contributed by atoms with Crippen LogP contribution >= 0.6 is 0 Å². The Balaban J connectivity index is 1.69. The molecule has 1 N–H and O–H groups in total. The molecule has 1 aliphatic carbocycles. The zero-order valence-corrected chi connectivity index (χ0v) is 15.3.